The predicted octanol–water partition coefficient (Wildman–Crippen LogP) is 4.09. The highest BCUT2D eigenvalue weighted by Gasteiger charge is 2.33. The van der Waals surface area contributed by atoms with E-state index in [9.17, 15) is 18.3 Å². The van der Waals surface area contributed by atoms with E-state index in [4.69, 9.17) is 9.90 Å². The summed E-state index contributed by atoms with van der Waals surface area (Å²) in [6, 6.07) is 12.9. The summed E-state index contributed by atoms with van der Waals surface area (Å²) >= 11 is 0. The van der Waals surface area contributed by atoms with Crippen LogP contribution in [0.15, 0.2) is 48.7 Å². The molecule has 1 aliphatic carbocycles. The fraction of sp³-hybridized carbons (Fsp3) is 0.515. The Morgan fingerprint density at radius 3 is 2.43 bits per heavy atom. The highest BCUT2D eigenvalue weighted by molar-refractivity contribution is 7.92. The van der Waals surface area contributed by atoms with Gasteiger partial charge in [0.25, 0.3) is 12.4 Å². The quantitative estimate of drug-likeness (QED) is 0.249. The molecule has 2 heterocycles. The van der Waals surface area contributed by atoms with Gasteiger partial charge in [-0.25, -0.2) is 8.42 Å². The standard InChI is InChI=1S/C32H44N4O4S.CH2O2/c1-4-32(15-10-7-11-16-32)33-21-29(37)26(18-23-12-8-6-9-13-23)34-31(38)25-19-27-30-24(14-17-41(39,40)35(27)3)22-36(5-2)28(30)20-25;2-1-3/h6,8-9,12-13,19-20,22,26,29,33,37H,4-5,7,10-11,14-18,21H2,1-3H3,(H,34,38);1H,(H,2,3)/t26-,29+;/m0./s1. The van der Waals surface area contributed by atoms with E-state index in [2.05, 4.69) is 22.1 Å². The number of hydrogen-bond acceptors (Lipinski definition) is 6. The number of carbonyl (C=O) groups excluding carboxylic acids is 1. The number of carboxylic acid groups (broad SMARTS) is 1. The maximum Gasteiger partial charge on any atom is 0.290 e. The lowest BCUT2D eigenvalue weighted by Gasteiger charge is -2.39. The van der Waals surface area contributed by atoms with Crippen molar-refractivity contribution in [3.8, 4) is 0 Å². The number of aliphatic hydroxyl groups excluding tert-OH is 1. The number of sulfonamides is 1. The molecule has 0 saturated heterocycles. The van der Waals surface area contributed by atoms with Gasteiger partial charge in [0.2, 0.25) is 10.0 Å². The molecule has 1 aliphatic heterocycles. The summed E-state index contributed by atoms with van der Waals surface area (Å²) in [7, 11) is -1.94. The molecule has 44 heavy (non-hydrogen) atoms. The zero-order chi connectivity index (χ0) is 31.9. The van der Waals surface area contributed by atoms with Crippen molar-refractivity contribution in [3.05, 3.63) is 65.4 Å². The fourth-order valence-corrected chi connectivity index (χ4v) is 7.79. The number of aliphatic hydroxyl groups is 1. The Morgan fingerprint density at radius 2 is 1.80 bits per heavy atom. The van der Waals surface area contributed by atoms with E-state index >= 15 is 0 Å². The second-order valence-corrected chi connectivity index (χ2v) is 14.0. The van der Waals surface area contributed by atoms with Crippen LogP contribution in [0.5, 0.6) is 0 Å². The Balaban J connectivity index is 0.00000141. The van der Waals surface area contributed by atoms with Crippen molar-refractivity contribution in [2.45, 2.75) is 89.4 Å². The molecule has 3 aromatic rings. The van der Waals surface area contributed by atoms with Crippen molar-refractivity contribution in [2.75, 3.05) is 23.7 Å². The number of β-amino-alcohol motifs (C(OH)–C–C–N with tert-alkyl or cyclic N) is 1. The van der Waals surface area contributed by atoms with Crippen molar-refractivity contribution in [2.24, 2.45) is 0 Å². The molecule has 1 fully saturated rings. The van der Waals surface area contributed by atoms with Crippen LogP contribution < -0.4 is 14.9 Å². The number of rotatable bonds is 10. The van der Waals surface area contributed by atoms with Crippen LogP contribution in [-0.2, 0) is 34.2 Å². The normalized spacial score (nSPS) is 18.4. The lowest BCUT2D eigenvalue weighted by atomic mass is 9.79. The van der Waals surface area contributed by atoms with Gasteiger partial charge in [0, 0.05) is 42.8 Å². The van der Waals surface area contributed by atoms with Gasteiger partial charge in [0.1, 0.15) is 0 Å². The third kappa shape index (κ3) is 7.44. The topological polar surface area (TPSA) is 141 Å². The van der Waals surface area contributed by atoms with Crippen LogP contribution in [0, 0.1) is 0 Å². The number of benzene rings is 2. The van der Waals surface area contributed by atoms with Crippen LogP contribution in [0.3, 0.4) is 0 Å². The molecule has 1 saturated carbocycles. The molecule has 0 bridgehead atoms. The van der Waals surface area contributed by atoms with Crippen LogP contribution in [-0.4, -0.2) is 72.6 Å². The van der Waals surface area contributed by atoms with Crippen molar-refractivity contribution >= 4 is 39.0 Å². The summed E-state index contributed by atoms with van der Waals surface area (Å²) in [6.07, 6.45) is 8.97. The number of nitrogens with one attached hydrogen (secondary N) is 2. The van der Waals surface area contributed by atoms with Crippen molar-refractivity contribution < 1.29 is 28.2 Å². The zero-order valence-corrected chi connectivity index (χ0v) is 26.8. The van der Waals surface area contributed by atoms with Gasteiger partial charge in [-0.2, -0.15) is 0 Å². The summed E-state index contributed by atoms with van der Waals surface area (Å²) in [5.41, 5.74) is 3.79. The zero-order valence-electron chi connectivity index (χ0n) is 26.0. The maximum atomic E-state index is 13.8. The largest absolute Gasteiger partial charge is 0.483 e. The van der Waals surface area contributed by atoms with Crippen molar-refractivity contribution in [1.29, 1.82) is 0 Å². The first kappa shape index (κ1) is 33.5. The van der Waals surface area contributed by atoms with E-state index in [0.717, 1.165) is 41.3 Å². The fourth-order valence-electron chi connectivity index (χ4n) is 6.60. The summed E-state index contributed by atoms with van der Waals surface area (Å²) < 4.78 is 29.3. The third-order valence-corrected chi connectivity index (χ3v) is 11.0. The molecule has 10 nitrogen and oxygen atoms in total. The lowest BCUT2D eigenvalue weighted by molar-refractivity contribution is -0.122. The SMILES string of the molecule is CCn1cc2c3c(cc(C(=O)N[C@@H](Cc4ccccc4)[C@H](O)CNC4(CC)CCCCC4)cc31)N(C)S(=O)(=O)CC2.O=CO. The smallest absolute Gasteiger partial charge is 0.290 e. The molecule has 5 rings (SSSR count). The van der Waals surface area contributed by atoms with Gasteiger partial charge in [0.05, 0.1) is 29.1 Å². The minimum Gasteiger partial charge on any atom is -0.483 e. The van der Waals surface area contributed by atoms with Crippen LogP contribution in [0.25, 0.3) is 10.9 Å². The van der Waals surface area contributed by atoms with Gasteiger partial charge in [-0.3, -0.25) is 13.9 Å². The minimum atomic E-state index is -3.50. The number of hydrogen-bond donors (Lipinski definition) is 4. The number of amides is 1. The summed E-state index contributed by atoms with van der Waals surface area (Å²) in [4.78, 5) is 22.2. The Kier molecular flexibility index (Phi) is 11.1. The van der Waals surface area contributed by atoms with Gasteiger partial charge < -0.3 is 25.4 Å². The molecule has 0 spiro atoms. The number of anilines is 1. The molecular weight excluding hydrogens is 580 g/mol. The van der Waals surface area contributed by atoms with E-state index in [1.807, 2.05) is 49.5 Å². The van der Waals surface area contributed by atoms with Crippen LogP contribution in [0.4, 0.5) is 5.69 Å². The lowest BCUT2D eigenvalue weighted by Crippen LogP contribution is -2.54. The highest BCUT2D eigenvalue weighted by Crippen LogP contribution is 2.37. The van der Waals surface area contributed by atoms with E-state index in [0.29, 0.717) is 37.2 Å². The summed E-state index contributed by atoms with van der Waals surface area (Å²) in [5.74, 6) is -0.299. The van der Waals surface area contributed by atoms with E-state index in [1.165, 1.54) is 23.6 Å². The van der Waals surface area contributed by atoms with Gasteiger partial charge in [-0.15, -0.1) is 0 Å². The Morgan fingerprint density at radius 1 is 1.11 bits per heavy atom. The molecule has 11 heteroatoms. The number of nitrogens with zero attached hydrogens (tertiary/aromatic N) is 2. The molecule has 2 aliphatic rings. The summed E-state index contributed by atoms with van der Waals surface area (Å²) in [5, 5.41) is 26.0. The molecular formula is C33H46N4O6S. The van der Waals surface area contributed by atoms with Crippen LogP contribution in [0.2, 0.25) is 0 Å². The van der Waals surface area contributed by atoms with E-state index in [-0.39, 0.29) is 23.7 Å². The highest BCUT2D eigenvalue weighted by atomic mass is 32.2. The maximum absolute atomic E-state index is 13.8. The van der Waals surface area contributed by atoms with Crippen molar-refractivity contribution in [1.82, 2.24) is 15.2 Å². The Bertz CT molecular complexity index is 1530. The van der Waals surface area contributed by atoms with E-state index < -0.39 is 22.2 Å². The second-order valence-electron chi connectivity index (χ2n) is 11.9. The summed E-state index contributed by atoms with van der Waals surface area (Å²) in [6.45, 7) is 5.08. The number of aryl methyl sites for hydroxylation is 2. The minimum absolute atomic E-state index is 0.0279. The molecule has 0 unspecified atom stereocenters. The monoisotopic (exact) mass is 626 g/mol. The predicted molar refractivity (Wildman–Crippen MR) is 174 cm³/mol. The molecule has 0 radical (unpaired) electrons. The van der Waals surface area contributed by atoms with Gasteiger partial charge in [0.15, 0.2) is 0 Å². The van der Waals surface area contributed by atoms with Gasteiger partial charge in [-0.1, -0.05) is 56.5 Å². The molecule has 1 amide bonds. The first-order valence-electron chi connectivity index (χ1n) is 15.6. The van der Waals surface area contributed by atoms with Gasteiger partial charge >= 0.3 is 0 Å². The van der Waals surface area contributed by atoms with Crippen LogP contribution >= 0.6 is 0 Å². The van der Waals surface area contributed by atoms with Crippen molar-refractivity contribution in [3.63, 3.8) is 0 Å². The van der Waals surface area contributed by atoms with Gasteiger partial charge in [-0.05, 0) is 62.3 Å². The average molecular weight is 627 g/mol. The van der Waals surface area contributed by atoms with Crippen LogP contribution in [0.1, 0.15) is 73.9 Å². The molecule has 2 atom stereocenters. The first-order chi connectivity index (χ1) is 21.1. The molecule has 1 aromatic heterocycles. The molecule has 4 N–H and O–H groups in total. The Labute approximate surface area is 260 Å². The number of carbonyl (C=O) groups is 2. The Hall–Kier alpha value is -3.41. The first-order valence-corrected chi connectivity index (χ1v) is 17.2. The molecule has 240 valence electrons. The molecule has 2 aromatic carbocycles. The van der Waals surface area contributed by atoms with E-state index in [1.54, 1.807) is 13.1 Å². The average Bonchev–Trinajstić information content (AvgIpc) is 3.36. The third-order valence-electron chi connectivity index (χ3n) is 9.28. The second kappa shape index (κ2) is 14.6. The number of aromatic nitrogens is 1.